The van der Waals surface area contributed by atoms with Crippen molar-refractivity contribution in [3.8, 4) is 0 Å². The fraction of sp³-hybridized carbons (Fsp3) is 0.579. The summed E-state index contributed by atoms with van der Waals surface area (Å²) in [5, 5.41) is 0. The molecule has 0 N–H and O–H groups in total. The number of benzene rings is 1. The van der Waals surface area contributed by atoms with Gasteiger partial charge in [-0.05, 0) is 48.1 Å². The van der Waals surface area contributed by atoms with Crippen molar-refractivity contribution >= 4 is 0 Å². The van der Waals surface area contributed by atoms with Crippen LogP contribution in [0.15, 0.2) is 36.9 Å². The van der Waals surface area contributed by atoms with Gasteiger partial charge >= 0.3 is 0 Å². The second-order valence-corrected chi connectivity index (χ2v) is 6.40. The minimum absolute atomic E-state index is 0.271. The van der Waals surface area contributed by atoms with Gasteiger partial charge in [-0.3, -0.25) is 0 Å². The summed E-state index contributed by atoms with van der Waals surface area (Å²) < 4.78 is 0. The Morgan fingerprint density at radius 3 is 2.53 bits per heavy atom. The van der Waals surface area contributed by atoms with Crippen molar-refractivity contribution in [3.63, 3.8) is 0 Å². The molecule has 0 aliphatic heterocycles. The third-order valence-electron chi connectivity index (χ3n) is 4.99. The van der Waals surface area contributed by atoms with Gasteiger partial charge in [0.2, 0.25) is 0 Å². The molecule has 19 heavy (non-hydrogen) atoms. The molecule has 1 aromatic carbocycles. The Balaban J connectivity index is 2.14. The summed E-state index contributed by atoms with van der Waals surface area (Å²) in [6, 6.07) is 9.10. The lowest BCUT2D eigenvalue weighted by atomic mass is 9.67. The van der Waals surface area contributed by atoms with Crippen molar-refractivity contribution in [3.05, 3.63) is 48.0 Å². The lowest BCUT2D eigenvalue weighted by molar-refractivity contribution is 0.189. The van der Waals surface area contributed by atoms with Gasteiger partial charge in [0, 0.05) is 0 Å². The summed E-state index contributed by atoms with van der Waals surface area (Å²) in [6.45, 7) is 8.79. The zero-order chi connectivity index (χ0) is 13.7. The van der Waals surface area contributed by atoms with E-state index >= 15 is 0 Å². The molecule has 104 valence electrons. The van der Waals surface area contributed by atoms with Crippen LogP contribution in [-0.4, -0.2) is 0 Å². The minimum atomic E-state index is 0.271. The van der Waals surface area contributed by atoms with Crippen LogP contribution in [0.2, 0.25) is 0 Å². The van der Waals surface area contributed by atoms with Crippen LogP contribution in [0.4, 0.5) is 0 Å². The molecule has 1 aliphatic rings. The number of allylic oxidation sites excluding steroid dienone is 1. The van der Waals surface area contributed by atoms with E-state index in [4.69, 9.17) is 0 Å². The lowest BCUT2D eigenvalue weighted by Gasteiger charge is -2.38. The van der Waals surface area contributed by atoms with Gasteiger partial charge in [0.15, 0.2) is 0 Å². The van der Waals surface area contributed by atoms with Gasteiger partial charge in [0.1, 0.15) is 0 Å². The number of hydrogen-bond donors (Lipinski definition) is 0. The van der Waals surface area contributed by atoms with Crippen LogP contribution in [0.1, 0.15) is 57.1 Å². The smallest absolute Gasteiger partial charge is 0.00806 e. The summed E-state index contributed by atoms with van der Waals surface area (Å²) in [7, 11) is 0. The molecule has 0 heterocycles. The van der Waals surface area contributed by atoms with E-state index in [1.165, 1.54) is 43.2 Å². The van der Waals surface area contributed by atoms with E-state index in [2.05, 4.69) is 50.8 Å². The van der Waals surface area contributed by atoms with E-state index in [0.717, 1.165) is 18.8 Å². The highest BCUT2D eigenvalue weighted by Crippen LogP contribution is 2.41. The van der Waals surface area contributed by atoms with Crippen LogP contribution in [0.25, 0.3) is 0 Å². The second-order valence-electron chi connectivity index (χ2n) is 6.40. The van der Waals surface area contributed by atoms with E-state index in [0.29, 0.717) is 0 Å². The van der Waals surface area contributed by atoms with Gasteiger partial charge in [-0.1, -0.05) is 63.5 Å². The molecule has 1 atom stereocenters. The molecular formula is C19H28. The van der Waals surface area contributed by atoms with Crippen LogP contribution < -0.4 is 0 Å². The normalized spacial score (nSPS) is 19.9. The van der Waals surface area contributed by atoms with Crippen molar-refractivity contribution in [2.24, 2.45) is 11.3 Å². The lowest BCUT2D eigenvalue weighted by Crippen LogP contribution is -2.29. The van der Waals surface area contributed by atoms with E-state index in [1.807, 2.05) is 0 Å². The largest absolute Gasteiger partial charge is 0.103 e. The monoisotopic (exact) mass is 256 g/mol. The van der Waals surface area contributed by atoms with Crippen LogP contribution in [0.5, 0.6) is 0 Å². The number of rotatable bonds is 5. The molecule has 0 bridgehead atoms. The fourth-order valence-corrected chi connectivity index (χ4v) is 3.54. The molecule has 0 radical (unpaired) electrons. The Labute approximate surface area is 118 Å². The number of aryl methyl sites for hydroxylation is 1. The van der Waals surface area contributed by atoms with Gasteiger partial charge < -0.3 is 0 Å². The average Bonchev–Trinajstić information content (AvgIpc) is 2.48. The first-order valence-corrected chi connectivity index (χ1v) is 7.89. The molecule has 1 unspecified atom stereocenters. The van der Waals surface area contributed by atoms with Gasteiger partial charge in [-0.2, -0.15) is 0 Å². The van der Waals surface area contributed by atoms with Crippen LogP contribution in [-0.2, 0) is 12.8 Å². The van der Waals surface area contributed by atoms with Gasteiger partial charge in [-0.15, -0.1) is 6.58 Å². The first-order chi connectivity index (χ1) is 9.18. The zero-order valence-corrected chi connectivity index (χ0v) is 12.6. The van der Waals surface area contributed by atoms with Crippen molar-refractivity contribution < 1.29 is 0 Å². The zero-order valence-electron chi connectivity index (χ0n) is 12.6. The maximum atomic E-state index is 4.15. The maximum absolute atomic E-state index is 4.15. The summed E-state index contributed by atoms with van der Waals surface area (Å²) >= 11 is 0. The molecule has 0 amide bonds. The van der Waals surface area contributed by atoms with E-state index < -0.39 is 0 Å². The van der Waals surface area contributed by atoms with Gasteiger partial charge in [0.25, 0.3) is 0 Å². The standard InChI is InChI=1S/C19H28/c1-4-16-10-9-11-17(14-16)15-19(3,5-2)18-12-7-6-8-13-18/h5,9-11,14,18H,2,4,6-8,12-13,15H2,1,3H3. The third-order valence-corrected chi connectivity index (χ3v) is 4.99. The Morgan fingerprint density at radius 1 is 1.21 bits per heavy atom. The first kappa shape index (κ1) is 14.4. The Bertz CT molecular complexity index is 412. The Hall–Kier alpha value is -1.04. The second kappa shape index (κ2) is 6.41. The highest BCUT2D eigenvalue weighted by atomic mass is 14.4. The van der Waals surface area contributed by atoms with E-state index in [1.54, 1.807) is 0 Å². The quantitative estimate of drug-likeness (QED) is 0.605. The van der Waals surface area contributed by atoms with Crippen molar-refractivity contribution in [2.45, 2.75) is 58.8 Å². The summed E-state index contributed by atoms with van der Waals surface area (Å²) in [5.74, 6) is 0.823. The van der Waals surface area contributed by atoms with Crippen molar-refractivity contribution in [1.29, 1.82) is 0 Å². The molecule has 1 fully saturated rings. The molecule has 2 rings (SSSR count). The molecule has 1 aliphatic carbocycles. The summed E-state index contributed by atoms with van der Waals surface area (Å²) in [6.07, 6.45) is 11.5. The maximum Gasteiger partial charge on any atom is -0.00806 e. The molecule has 1 aromatic rings. The third kappa shape index (κ3) is 3.49. The van der Waals surface area contributed by atoms with Crippen LogP contribution in [0.3, 0.4) is 0 Å². The van der Waals surface area contributed by atoms with E-state index in [-0.39, 0.29) is 5.41 Å². The van der Waals surface area contributed by atoms with Crippen molar-refractivity contribution in [1.82, 2.24) is 0 Å². The molecule has 0 nitrogen and oxygen atoms in total. The van der Waals surface area contributed by atoms with Gasteiger partial charge in [-0.25, -0.2) is 0 Å². The molecule has 0 aromatic heterocycles. The Kier molecular flexibility index (Phi) is 4.85. The molecule has 0 saturated heterocycles. The average molecular weight is 256 g/mol. The highest BCUT2D eigenvalue weighted by molar-refractivity contribution is 5.25. The minimum Gasteiger partial charge on any atom is -0.103 e. The van der Waals surface area contributed by atoms with Gasteiger partial charge in [0.05, 0.1) is 0 Å². The number of hydrogen-bond acceptors (Lipinski definition) is 0. The Morgan fingerprint density at radius 2 is 1.89 bits per heavy atom. The summed E-state index contributed by atoms with van der Waals surface area (Å²) in [5.41, 5.74) is 3.20. The highest BCUT2D eigenvalue weighted by Gasteiger charge is 2.32. The van der Waals surface area contributed by atoms with Crippen molar-refractivity contribution in [2.75, 3.05) is 0 Å². The molecule has 0 spiro atoms. The molecule has 0 heteroatoms. The molecule has 1 saturated carbocycles. The summed E-state index contributed by atoms with van der Waals surface area (Å²) in [4.78, 5) is 0. The SMILES string of the molecule is C=CC(C)(Cc1cccc(CC)c1)C1CCCCC1. The molecular weight excluding hydrogens is 228 g/mol. The predicted octanol–water partition coefficient (Wildman–Crippen LogP) is 5.56. The predicted molar refractivity (Wildman–Crippen MR) is 84.4 cm³/mol. The first-order valence-electron chi connectivity index (χ1n) is 7.89. The van der Waals surface area contributed by atoms with Crippen LogP contribution >= 0.6 is 0 Å². The van der Waals surface area contributed by atoms with E-state index in [9.17, 15) is 0 Å². The fourth-order valence-electron chi connectivity index (χ4n) is 3.54. The van der Waals surface area contributed by atoms with Crippen LogP contribution in [0, 0.1) is 11.3 Å². The topological polar surface area (TPSA) is 0 Å².